The van der Waals surface area contributed by atoms with E-state index >= 15 is 0 Å². The molecule has 158 valence electrons. The van der Waals surface area contributed by atoms with Crippen molar-refractivity contribution in [3.8, 4) is 17.2 Å². The molecular weight excluding hydrogens is 376 g/mol. The van der Waals surface area contributed by atoms with Crippen LogP contribution in [0.15, 0.2) is 67.2 Å². The number of hydrogen-bond donors (Lipinski definition) is 0. The Balaban J connectivity index is 2.33. The average Bonchev–Trinajstić information content (AvgIpc) is 2.73. The zero-order valence-corrected chi connectivity index (χ0v) is 18.6. The van der Waals surface area contributed by atoms with Crippen LogP contribution in [0.3, 0.4) is 0 Å². The van der Waals surface area contributed by atoms with E-state index in [0.29, 0.717) is 17.1 Å². The minimum absolute atomic E-state index is 0.0961. The fourth-order valence-electron chi connectivity index (χ4n) is 2.82. The molecule has 4 nitrogen and oxygen atoms in total. The Hall–Kier alpha value is -3.27. The van der Waals surface area contributed by atoms with Gasteiger partial charge in [0, 0.05) is 22.8 Å². The van der Waals surface area contributed by atoms with Crippen molar-refractivity contribution in [2.45, 2.75) is 40.0 Å². The zero-order valence-electron chi connectivity index (χ0n) is 18.6. The molecule has 0 atom stereocenters. The highest BCUT2D eigenvalue weighted by atomic mass is 16.5. The van der Waals surface area contributed by atoms with Gasteiger partial charge in [-0.25, -0.2) is 0 Å². The Kier molecular flexibility index (Phi) is 8.05. The Morgan fingerprint density at radius 3 is 2.10 bits per heavy atom. The fraction of sp³-hybridized carbons (Fsp3) is 0.269. The zero-order chi connectivity index (χ0) is 22.1. The number of ether oxygens (including phenoxy) is 3. The maximum absolute atomic E-state index is 12.6. The normalized spacial score (nSPS) is 12.1. The van der Waals surface area contributed by atoms with E-state index in [-0.39, 0.29) is 11.2 Å². The van der Waals surface area contributed by atoms with Crippen LogP contribution in [0, 0.1) is 0 Å². The number of carbonyl (C=O) groups excluding carboxylic acids is 1. The lowest BCUT2D eigenvalue weighted by Gasteiger charge is -2.23. The molecule has 2 aromatic carbocycles. The molecular formula is C26H30O4. The van der Waals surface area contributed by atoms with Gasteiger partial charge in [0.2, 0.25) is 0 Å². The van der Waals surface area contributed by atoms with Gasteiger partial charge in [0.1, 0.15) is 17.2 Å². The number of methoxy groups -OCH3 is 1. The summed E-state index contributed by atoms with van der Waals surface area (Å²) >= 11 is 0. The van der Waals surface area contributed by atoms with Gasteiger partial charge in [0.15, 0.2) is 5.78 Å². The SMILES string of the molecule is CC=COc1ccc(C(=O)C=Cc2cc(C(C)(C)C)c(OC=CC)cc2OC)cc1. The second-order valence-corrected chi connectivity index (χ2v) is 7.74. The smallest absolute Gasteiger partial charge is 0.185 e. The lowest BCUT2D eigenvalue weighted by Crippen LogP contribution is -2.13. The molecule has 0 fully saturated rings. The highest BCUT2D eigenvalue weighted by Gasteiger charge is 2.21. The summed E-state index contributed by atoms with van der Waals surface area (Å²) in [5.41, 5.74) is 2.29. The van der Waals surface area contributed by atoms with Crippen molar-refractivity contribution in [1.29, 1.82) is 0 Å². The molecule has 0 amide bonds. The van der Waals surface area contributed by atoms with E-state index in [0.717, 1.165) is 16.9 Å². The van der Waals surface area contributed by atoms with E-state index < -0.39 is 0 Å². The minimum atomic E-state index is -0.140. The van der Waals surface area contributed by atoms with Gasteiger partial charge in [-0.15, -0.1) is 0 Å². The molecule has 4 heteroatoms. The van der Waals surface area contributed by atoms with E-state index in [2.05, 4.69) is 20.8 Å². The van der Waals surface area contributed by atoms with Gasteiger partial charge in [-0.1, -0.05) is 32.9 Å². The average molecular weight is 407 g/mol. The lowest BCUT2D eigenvalue weighted by molar-refractivity contribution is 0.104. The molecule has 0 aromatic heterocycles. The molecule has 0 unspecified atom stereocenters. The van der Waals surface area contributed by atoms with Gasteiger partial charge in [-0.3, -0.25) is 4.79 Å². The first kappa shape index (κ1) is 23.0. The van der Waals surface area contributed by atoms with E-state index in [1.54, 1.807) is 62.1 Å². The Morgan fingerprint density at radius 2 is 1.53 bits per heavy atom. The summed E-state index contributed by atoms with van der Waals surface area (Å²) in [5, 5.41) is 0. The first-order chi connectivity index (χ1) is 14.3. The van der Waals surface area contributed by atoms with E-state index in [1.807, 2.05) is 32.1 Å². The number of hydrogen-bond acceptors (Lipinski definition) is 4. The molecule has 0 aliphatic rings. The van der Waals surface area contributed by atoms with E-state index in [9.17, 15) is 4.79 Å². The first-order valence-corrected chi connectivity index (χ1v) is 9.90. The van der Waals surface area contributed by atoms with Crippen LogP contribution in [0.4, 0.5) is 0 Å². The number of ketones is 1. The number of rotatable bonds is 8. The summed E-state index contributed by atoms with van der Waals surface area (Å²) < 4.78 is 16.7. The van der Waals surface area contributed by atoms with Crippen molar-refractivity contribution in [3.05, 3.63) is 83.8 Å². The Bertz CT molecular complexity index is 942. The minimum Gasteiger partial charge on any atom is -0.496 e. The van der Waals surface area contributed by atoms with Gasteiger partial charge < -0.3 is 14.2 Å². The molecule has 0 N–H and O–H groups in total. The molecule has 0 aliphatic heterocycles. The first-order valence-electron chi connectivity index (χ1n) is 9.90. The molecule has 2 aromatic rings. The number of allylic oxidation sites excluding steroid dienone is 3. The fourth-order valence-corrected chi connectivity index (χ4v) is 2.82. The topological polar surface area (TPSA) is 44.8 Å². The standard InChI is InChI=1S/C26H30O4/c1-7-15-29-21-12-9-19(10-13-21)23(27)14-11-20-17-22(26(3,4)5)25(30-16-8-2)18-24(20)28-6/h7-18H,1-6H3. The van der Waals surface area contributed by atoms with E-state index in [4.69, 9.17) is 14.2 Å². The van der Waals surface area contributed by atoms with Crippen molar-refractivity contribution in [1.82, 2.24) is 0 Å². The summed E-state index contributed by atoms with van der Waals surface area (Å²) in [6, 6.07) is 10.9. The summed E-state index contributed by atoms with van der Waals surface area (Å²) in [4.78, 5) is 12.6. The van der Waals surface area contributed by atoms with Gasteiger partial charge in [-0.2, -0.15) is 0 Å². The molecule has 0 bridgehead atoms. The maximum atomic E-state index is 12.6. The summed E-state index contributed by atoms with van der Waals surface area (Å²) in [6.07, 6.45) is 10.2. The molecule has 0 aliphatic carbocycles. The summed E-state index contributed by atoms with van der Waals surface area (Å²) in [6.45, 7) is 10.1. The molecule has 0 saturated carbocycles. The van der Waals surface area contributed by atoms with Gasteiger partial charge in [-0.05, 0) is 61.7 Å². The Labute approximate surface area is 179 Å². The number of carbonyl (C=O) groups is 1. The monoisotopic (exact) mass is 406 g/mol. The molecule has 0 spiro atoms. The second kappa shape index (κ2) is 10.5. The van der Waals surface area contributed by atoms with Gasteiger partial charge in [0.25, 0.3) is 0 Å². The van der Waals surface area contributed by atoms with Crippen LogP contribution in [-0.4, -0.2) is 12.9 Å². The highest BCUT2D eigenvalue weighted by molar-refractivity contribution is 6.07. The number of benzene rings is 2. The van der Waals surface area contributed by atoms with Crippen molar-refractivity contribution in [3.63, 3.8) is 0 Å². The van der Waals surface area contributed by atoms with E-state index in [1.165, 1.54) is 0 Å². The van der Waals surface area contributed by atoms with Crippen LogP contribution >= 0.6 is 0 Å². The van der Waals surface area contributed by atoms with Crippen molar-refractivity contribution in [2.75, 3.05) is 7.11 Å². The predicted molar refractivity (Wildman–Crippen MR) is 122 cm³/mol. The van der Waals surface area contributed by atoms with Crippen molar-refractivity contribution in [2.24, 2.45) is 0 Å². The summed E-state index contributed by atoms with van der Waals surface area (Å²) in [5.74, 6) is 1.96. The quantitative estimate of drug-likeness (QED) is 0.277. The third-order valence-electron chi connectivity index (χ3n) is 4.36. The van der Waals surface area contributed by atoms with Crippen molar-refractivity contribution < 1.29 is 19.0 Å². The third-order valence-corrected chi connectivity index (χ3v) is 4.36. The van der Waals surface area contributed by atoms with Crippen LogP contribution in [-0.2, 0) is 5.41 Å². The van der Waals surface area contributed by atoms with Gasteiger partial charge in [0.05, 0.1) is 19.6 Å². The third kappa shape index (κ3) is 6.11. The van der Waals surface area contributed by atoms with Gasteiger partial charge >= 0.3 is 0 Å². The molecule has 0 saturated heterocycles. The van der Waals surface area contributed by atoms with Crippen LogP contribution in [0.2, 0.25) is 0 Å². The highest BCUT2D eigenvalue weighted by Crippen LogP contribution is 2.37. The molecule has 0 radical (unpaired) electrons. The second-order valence-electron chi connectivity index (χ2n) is 7.74. The van der Waals surface area contributed by atoms with Crippen LogP contribution in [0.5, 0.6) is 17.2 Å². The predicted octanol–water partition coefficient (Wildman–Crippen LogP) is 6.71. The largest absolute Gasteiger partial charge is 0.496 e. The van der Waals surface area contributed by atoms with Crippen molar-refractivity contribution >= 4 is 11.9 Å². The summed E-state index contributed by atoms with van der Waals surface area (Å²) in [7, 11) is 1.61. The Morgan fingerprint density at radius 1 is 0.900 bits per heavy atom. The van der Waals surface area contributed by atoms with Crippen LogP contribution < -0.4 is 14.2 Å². The lowest BCUT2D eigenvalue weighted by atomic mass is 9.85. The molecule has 0 heterocycles. The maximum Gasteiger partial charge on any atom is 0.185 e. The van der Waals surface area contributed by atoms with Crippen LogP contribution in [0.1, 0.15) is 56.1 Å². The van der Waals surface area contributed by atoms with Crippen LogP contribution in [0.25, 0.3) is 6.08 Å². The molecule has 30 heavy (non-hydrogen) atoms. The molecule has 2 rings (SSSR count).